The summed E-state index contributed by atoms with van der Waals surface area (Å²) in [6, 6.07) is -0.0963. The van der Waals surface area contributed by atoms with Crippen molar-refractivity contribution in [3.63, 3.8) is 0 Å². The average Bonchev–Trinajstić information content (AvgIpc) is 2.78. The zero-order chi connectivity index (χ0) is 31.2. The van der Waals surface area contributed by atoms with Crippen LogP contribution in [0.5, 0.6) is 0 Å². The lowest BCUT2D eigenvalue weighted by Crippen LogP contribution is -2.47. The SMILES string of the molecule is CC(C)C.CC(C)C.CC(C)C.COC(=O)C[C@@H]1CCCCN1C(=O)OC(C)(C)C.O=C(O)N1CCCCC1. The molecule has 2 heterocycles. The molecule has 8 nitrogen and oxygen atoms in total. The van der Waals surface area contributed by atoms with Gasteiger partial charge in [0, 0.05) is 25.7 Å². The Balaban J connectivity index is -0.000000509. The van der Waals surface area contributed by atoms with E-state index in [0.29, 0.717) is 6.54 Å². The summed E-state index contributed by atoms with van der Waals surface area (Å²) >= 11 is 0. The largest absolute Gasteiger partial charge is 0.469 e. The predicted molar refractivity (Wildman–Crippen MR) is 162 cm³/mol. The second kappa shape index (κ2) is 23.9. The van der Waals surface area contributed by atoms with Gasteiger partial charge in [-0.1, -0.05) is 62.3 Å². The van der Waals surface area contributed by atoms with Gasteiger partial charge < -0.3 is 24.4 Å². The number of esters is 1. The Morgan fingerprint density at radius 2 is 1.18 bits per heavy atom. The van der Waals surface area contributed by atoms with Gasteiger partial charge >= 0.3 is 18.2 Å². The molecule has 234 valence electrons. The van der Waals surface area contributed by atoms with Crippen molar-refractivity contribution in [2.45, 2.75) is 140 Å². The summed E-state index contributed by atoms with van der Waals surface area (Å²) in [5, 5.41) is 8.46. The summed E-state index contributed by atoms with van der Waals surface area (Å²) in [5.41, 5.74) is -0.510. The minimum Gasteiger partial charge on any atom is -0.469 e. The fourth-order valence-electron chi connectivity index (χ4n) is 3.13. The van der Waals surface area contributed by atoms with Gasteiger partial charge in [-0.15, -0.1) is 0 Å². The molecule has 0 aromatic carbocycles. The maximum atomic E-state index is 12.0. The lowest BCUT2D eigenvalue weighted by molar-refractivity contribution is -0.142. The molecular weight excluding hydrogens is 496 g/mol. The minimum atomic E-state index is -0.769. The van der Waals surface area contributed by atoms with E-state index >= 15 is 0 Å². The first-order valence-corrected chi connectivity index (χ1v) is 14.9. The molecule has 2 amide bonds. The molecule has 0 aromatic rings. The Morgan fingerprint density at radius 3 is 1.51 bits per heavy atom. The lowest BCUT2D eigenvalue weighted by Gasteiger charge is -2.36. The molecule has 2 fully saturated rings. The average molecular weight is 561 g/mol. The summed E-state index contributed by atoms with van der Waals surface area (Å²) < 4.78 is 10.0. The van der Waals surface area contributed by atoms with E-state index in [-0.39, 0.29) is 24.5 Å². The van der Waals surface area contributed by atoms with Gasteiger partial charge in [-0.25, -0.2) is 9.59 Å². The highest BCUT2D eigenvalue weighted by atomic mass is 16.6. The van der Waals surface area contributed by atoms with Crippen molar-refractivity contribution in [1.82, 2.24) is 9.80 Å². The smallest absolute Gasteiger partial charge is 0.410 e. The Bertz CT molecular complexity index is 601. The van der Waals surface area contributed by atoms with Gasteiger partial charge in [0.2, 0.25) is 0 Å². The minimum absolute atomic E-state index is 0.0963. The number of ether oxygens (including phenoxy) is 2. The molecular formula is C31H64N2O6. The van der Waals surface area contributed by atoms with Crippen LogP contribution in [0.4, 0.5) is 9.59 Å². The zero-order valence-corrected chi connectivity index (χ0v) is 27.8. The molecule has 1 N–H and O–H groups in total. The first-order valence-electron chi connectivity index (χ1n) is 14.9. The molecule has 0 bridgehead atoms. The molecule has 0 aliphatic carbocycles. The van der Waals surface area contributed by atoms with E-state index < -0.39 is 11.7 Å². The number of carbonyl (C=O) groups is 3. The number of rotatable bonds is 2. The Labute approximate surface area is 241 Å². The van der Waals surface area contributed by atoms with E-state index in [9.17, 15) is 14.4 Å². The fraction of sp³-hybridized carbons (Fsp3) is 0.903. The number of carbonyl (C=O) groups excluding carboxylic acids is 2. The molecule has 39 heavy (non-hydrogen) atoms. The highest BCUT2D eigenvalue weighted by molar-refractivity contribution is 5.73. The van der Waals surface area contributed by atoms with Crippen LogP contribution in [-0.2, 0) is 14.3 Å². The van der Waals surface area contributed by atoms with Crippen LogP contribution in [0.15, 0.2) is 0 Å². The van der Waals surface area contributed by atoms with Crippen molar-refractivity contribution in [3.8, 4) is 0 Å². The van der Waals surface area contributed by atoms with Crippen molar-refractivity contribution in [2.24, 2.45) is 17.8 Å². The van der Waals surface area contributed by atoms with Crippen molar-refractivity contribution in [2.75, 3.05) is 26.7 Å². The third-order valence-corrected chi connectivity index (χ3v) is 4.51. The van der Waals surface area contributed by atoms with Crippen LogP contribution in [0.1, 0.15) is 128 Å². The van der Waals surface area contributed by atoms with E-state index in [0.717, 1.165) is 62.9 Å². The fourth-order valence-corrected chi connectivity index (χ4v) is 3.13. The first-order chi connectivity index (χ1) is 17.8. The quantitative estimate of drug-likeness (QED) is 0.340. The molecule has 0 spiro atoms. The molecule has 2 aliphatic heterocycles. The van der Waals surface area contributed by atoms with Gasteiger partial charge in [-0.3, -0.25) is 4.79 Å². The summed E-state index contributed by atoms with van der Waals surface area (Å²) in [4.78, 5) is 36.8. The molecule has 2 aliphatic rings. The second-order valence-corrected chi connectivity index (χ2v) is 13.1. The van der Waals surface area contributed by atoms with Crippen molar-refractivity contribution >= 4 is 18.2 Å². The summed E-state index contributed by atoms with van der Waals surface area (Å²) in [7, 11) is 1.36. The number of carboxylic acid groups (broad SMARTS) is 1. The van der Waals surface area contributed by atoms with Gasteiger partial charge in [0.1, 0.15) is 5.60 Å². The van der Waals surface area contributed by atoms with Crippen LogP contribution in [0.2, 0.25) is 0 Å². The Hall–Kier alpha value is -1.99. The van der Waals surface area contributed by atoms with Gasteiger partial charge in [0.15, 0.2) is 0 Å². The predicted octanol–water partition coefficient (Wildman–Crippen LogP) is 8.48. The van der Waals surface area contributed by atoms with Crippen LogP contribution >= 0.6 is 0 Å². The molecule has 0 radical (unpaired) electrons. The maximum Gasteiger partial charge on any atom is 0.410 e. The molecule has 1 atom stereocenters. The van der Waals surface area contributed by atoms with Crippen LogP contribution in [-0.4, -0.2) is 71.4 Å². The van der Waals surface area contributed by atoms with Crippen molar-refractivity contribution in [1.29, 1.82) is 0 Å². The first kappa shape index (κ1) is 41.5. The second-order valence-electron chi connectivity index (χ2n) is 13.1. The third-order valence-electron chi connectivity index (χ3n) is 4.51. The van der Waals surface area contributed by atoms with Crippen LogP contribution in [0.25, 0.3) is 0 Å². The molecule has 0 saturated carbocycles. The van der Waals surface area contributed by atoms with Gasteiger partial charge in [0.25, 0.3) is 0 Å². The number of hydrogen-bond acceptors (Lipinski definition) is 5. The van der Waals surface area contributed by atoms with E-state index in [4.69, 9.17) is 9.84 Å². The highest BCUT2D eigenvalue weighted by Gasteiger charge is 2.31. The molecule has 0 aromatic heterocycles. The molecule has 2 rings (SSSR count). The normalized spacial score (nSPS) is 16.8. The lowest BCUT2D eigenvalue weighted by atomic mass is 10.00. The monoisotopic (exact) mass is 560 g/mol. The maximum absolute atomic E-state index is 12.0. The van der Waals surface area contributed by atoms with E-state index in [1.54, 1.807) is 4.90 Å². The zero-order valence-electron chi connectivity index (χ0n) is 27.8. The van der Waals surface area contributed by atoms with Gasteiger partial charge in [-0.05, 0) is 77.0 Å². The highest BCUT2D eigenvalue weighted by Crippen LogP contribution is 2.22. The number of hydrogen-bond donors (Lipinski definition) is 1. The number of methoxy groups -OCH3 is 1. The molecule has 8 heteroatoms. The standard InChI is InChI=1S/C13H23NO4.C6H11NO2.3C4H10/c1-13(2,3)18-12(16)14-8-6-5-7-10(14)9-11(15)17-4;8-6(9)7-4-2-1-3-5-7;3*1-4(2)3/h10H,5-9H2,1-4H3;1-5H2,(H,8,9);3*4H,1-3H3/t10-;;;;/m0..../s1. The number of likely N-dealkylation sites (tertiary alicyclic amines) is 2. The van der Waals surface area contributed by atoms with Crippen LogP contribution in [0, 0.1) is 17.8 Å². The Morgan fingerprint density at radius 1 is 0.769 bits per heavy atom. The van der Waals surface area contributed by atoms with Crippen LogP contribution < -0.4 is 0 Å². The number of amides is 2. The summed E-state index contributed by atoms with van der Waals surface area (Å²) in [6.07, 6.45) is 5.20. The molecule has 0 unspecified atom stereocenters. The summed E-state index contributed by atoms with van der Waals surface area (Å²) in [5.74, 6) is 2.22. The molecule has 2 saturated heterocycles. The third kappa shape index (κ3) is 32.1. The van der Waals surface area contributed by atoms with Crippen LogP contribution in [0.3, 0.4) is 0 Å². The topological polar surface area (TPSA) is 96.4 Å². The number of nitrogens with zero attached hydrogens (tertiary/aromatic N) is 2. The Kier molecular flexibility index (Phi) is 25.4. The van der Waals surface area contributed by atoms with E-state index in [1.165, 1.54) is 18.4 Å². The van der Waals surface area contributed by atoms with Crippen molar-refractivity contribution < 1.29 is 29.0 Å². The van der Waals surface area contributed by atoms with Gasteiger partial charge in [-0.2, -0.15) is 0 Å². The van der Waals surface area contributed by atoms with E-state index in [2.05, 4.69) is 67.1 Å². The van der Waals surface area contributed by atoms with Gasteiger partial charge in [0.05, 0.1) is 13.5 Å². The number of piperidine rings is 2. The summed E-state index contributed by atoms with van der Waals surface area (Å²) in [6.45, 7) is 27.1. The van der Waals surface area contributed by atoms with Crippen molar-refractivity contribution in [3.05, 3.63) is 0 Å². The van der Waals surface area contributed by atoms with E-state index in [1.807, 2.05) is 20.8 Å².